The summed E-state index contributed by atoms with van der Waals surface area (Å²) in [6, 6.07) is 3.61. The number of piperidine rings is 1. The second-order valence-corrected chi connectivity index (χ2v) is 8.85. The molecule has 0 aromatic carbocycles. The Morgan fingerprint density at radius 2 is 2.11 bits per heavy atom. The fourth-order valence-electron chi connectivity index (χ4n) is 5.57. The molecule has 3 N–H and O–H groups in total. The lowest BCUT2D eigenvalue weighted by atomic mass is 9.69. The first kappa shape index (κ1) is 20.6. The van der Waals surface area contributed by atoms with E-state index in [0.29, 0.717) is 24.6 Å². The molecule has 0 radical (unpaired) electrons. The molecule has 27 heavy (non-hydrogen) atoms. The van der Waals surface area contributed by atoms with Gasteiger partial charge >= 0.3 is 0 Å². The van der Waals surface area contributed by atoms with Crippen LogP contribution < -0.4 is 16.0 Å². The number of rotatable bonds is 5. The topological polar surface area (TPSA) is 86.2 Å². The maximum atomic E-state index is 11.7. The molecule has 0 bridgehead atoms. The minimum atomic E-state index is -0.0231. The van der Waals surface area contributed by atoms with Crippen molar-refractivity contribution in [3.8, 4) is 6.07 Å². The molecule has 6 heteroatoms. The predicted octanol–water partition coefficient (Wildman–Crippen LogP) is 1.95. The second-order valence-electron chi connectivity index (χ2n) is 8.85. The van der Waals surface area contributed by atoms with Crippen LogP contribution in [0, 0.1) is 29.1 Å². The maximum absolute atomic E-state index is 11.7. The Morgan fingerprint density at radius 1 is 1.30 bits per heavy atom. The third-order valence-electron chi connectivity index (χ3n) is 6.77. The van der Waals surface area contributed by atoms with Crippen LogP contribution >= 0.6 is 0 Å². The number of carbonyl (C=O) groups is 1. The van der Waals surface area contributed by atoms with E-state index in [4.69, 9.17) is 4.74 Å². The Morgan fingerprint density at radius 3 is 2.78 bits per heavy atom. The van der Waals surface area contributed by atoms with Crippen LogP contribution in [0.5, 0.6) is 0 Å². The van der Waals surface area contributed by atoms with E-state index >= 15 is 0 Å². The lowest BCUT2D eigenvalue weighted by molar-refractivity contribution is -0.122. The number of nitrogens with zero attached hydrogens (tertiary/aromatic N) is 1. The van der Waals surface area contributed by atoms with Gasteiger partial charge < -0.3 is 20.7 Å². The summed E-state index contributed by atoms with van der Waals surface area (Å²) in [6.45, 7) is 7.31. The molecule has 152 valence electrons. The lowest BCUT2D eigenvalue weighted by Crippen LogP contribution is -2.66. The summed E-state index contributed by atoms with van der Waals surface area (Å²) in [7, 11) is 0. The van der Waals surface area contributed by atoms with Gasteiger partial charge in [0.05, 0.1) is 24.1 Å². The standard InChI is InChI=1S/C21H36N4O2/c1-4-27-20-10-18-17(9-19(20)24-14(3)26)21(15(11-22)12-23-18)25-16-7-5-6-13(2)8-16/h13,15-21,23,25H,4-10,12H2,1-3H3,(H,24,26). The van der Waals surface area contributed by atoms with Crippen molar-refractivity contribution in [2.45, 2.75) is 89.6 Å². The molecule has 3 rings (SSSR count). The van der Waals surface area contributed by atoms with E-state index in [-0.39, 0.29) is 30.0 Å². The molecule has 8 atom stereocenters. The summed E-state index contributed by atoms with van der Waals surface area (Å²) in [5.41, 5.74) is 0. The monoisotopic (exact) mass is 376 g/mol. The molecule has 1 aliphatic heterocycles. The summed E-state index contributed by atoms with van der Waals surface area (Å²) in [5, 5.41) is 20.4. The first-order valence-corrected chi connectivity index (χ1v) is 10.8. The number of ether oxygens (including phenoxy) is 1. The third kappa shape index (κ3) is 5.01. The smallest absolute Gasteiger partial charge is 0.217 e. The van der Waals surface area contributed by atoms with Crippen LogP contribution in [0.15, 0.2) is 0 Å². The zero-order chi connectivity index (χ0) is 19.4. The fraction of sp³-hybridized carbons (Fsp3) is 0.905. The first-order valence-electron chi connectivity index (χ1n) is 10.8. The zero-order valence-corrected chi connectivity index (χ0v) is 17.0. The minimum absolute atomic E-state index is 0.00521. The van der Waals surface area contributed by atoms with Gasteiger partial charge in [-0.2, -0.15) is 5.26 Å². The number of carbonyl (C=O) groups excluding carboxylic acids is 1. The Kier molecular flexibility index (Phi) is 7.13. The van der Waals surface area contributed by atoms with E-state index < -0.39 is 0 Å². The number of amides is 1. The Labute approximate surface area is 163 Å². The van der Waals surface area contributed by atoms with E-state index in [9.17, 15) is 10.1 Å². The van der Waals surface area contributed by atoms with Gasteiger partial charge in [-0.15, -0.1) is 0 Å². The average molecular weight is 377 g/mol. The summed E-state index contributed by atoms with van der Waals surface area (Å²) in [4.78, 5) is 11.7. The number of hydrogen-bond acceptors (Lipinski definition) is 5. The van der Waals surface area contributed by atoms with Crippen LogP contribution in [0.25, 0.3) is 0 Å². The second kappa shape index (κ2) is 9.36. The molecule has 0 spiro atoms. The van der Waals surface area contributed by atoms with E-state index in [1.807, 2.05) is 6.92 Å². The Bertz CT molecular complexity index is 549. The van der Waals surface area contributed by atoms with Crippen molar-refractivity contribution in [1.29, 1.82) is 5.26 Å². The van der Waals surface area contributed by atoms with Gasteiger partial charge in [-0.25, -0.2) is 0 Å². The zero-order valence-electron chi connectivity index (χ0n) is 17.0. The molecule has 0 aromatic heterocycles. The van der Waals surface area contributed by atoms with Gasteiger partial charge in [-0.3, -0.25) is 4.79 Å². The summed E-state index contributed by atoms with van der Waals surface area (Å²) >= 11 is 0. The number of hydrogen-bond donors (Lipinski definition) is 3. The summed E-state index contributed by atoms with van der Waals surface area (Å²) in [5.74, 6) is 1.07. The number of fused-ring (bicyclic) bond motifs is 1. The molecular formula is C21H36N4O2. The van der Waals surface area contributed by atoms with E-state index in [2.05, 4.69) is 28.9 Å². The molecule has 1 saturated heterocycles. The highest BCUT2D eigenvalue weighted by molar-refractivity contribution is 5.73. The molecule has 3 aliphatic rings. The van der Waals surface area contributed by atoms with Crippen molar-refractivity contribution < 1.29 is 9.53 Å². The van der Waals surface area contributed by atoms with Gasteiger partial charge in [0, 0.05) is 38.2 Å². The van der Waals surface area contributed by atoms with Gasteiger partial charge in [0.15, 0.2) is 0 Å². The van der Waals surface area contributed by atoms with E-state index in [1.165, 1.54) is 25.7 Å². The van der Waals surface area contributed by atoms with Gasteiger partial charge in [0.2, 0.25) is 5.91 Å². The molecule has 1 heterocycles. The van der Waals surface area contributed by atoms with Crippen LogP contribution in [0.2, 0.25) is 0 Å². The molecule has 2 saturated carbocycles. The molecule has 8 unspecified atom stereocenters. The van der Waals surface area contributed by atoms with Crippen LogP contribution in [-0.4, -0.2) is 49.3 Å². The largest absolute Gasteiger partial charge is 0.376 e. The fourth-order valence-corrected chi connectivity index (χ4v) is 5.57. The van der Waals surface area contributed by atoms with Gasteiger partial charge in [-0.05, 0) is 44.4 Å². The number of nitriles is 1. The predicted molar refractivity (Wildman–Crippen MR) is 105 cm³/mol. The molecule has 3 fully saturated rings. The SMILES string of the molecule is CCOC1CC2NCC(C#N)C(NC3CCCC(C)C3)C2CC1NC(C)=O. The third-order valence-corrected chi connectivity index (χ3v) is 6.77. The molecule has 0 aromatic rings. The van der Waals surface area contributed by atoms with E-state index in [0.717, 1.165) is 25.3 Å². The van der Waals surface area contributed by atoms with Gasteiger partial charge in [-0.1, -0.05) is 19.8 Å². The maximum Gasteiger partial charge on any atom is 0.217 e. The van der Waals surface area contributed by atoms with Crippen molar-refractivity contribution in [3.05, 3.63) is 0 Å². The quantitative estimate of drug-likeness (QED) is 0.683. The van der Waals surface area contributed by atoms with E-state index in [1.54, 1.807) is 6.92 Å². The first-order chi connectivity index (χ1) is 13.0. The molecule has 1 amide bonds. The van der Waals surface area contributed by atoms with Gasteiger partial charge in [0.25, 0.3) is 0 Å². The van der Waals surface area contributed by atoms with Crippen molar-refractivity contribution in [2.24, 2.45) is 17.8 Å². The molecule has 2 aliphatic carbocycles. The normalized spacial score (nSPS) is 42.0. The minimum Gasteiger partial charge on any atom is -0.376 e. The van der Waals surface area contributed by atoms with Crippen LogP contribution in [0.1, 0.15) is 59.3 Å². The summed E-state index contributed by atoms with van der Waals surface area (Å²) < 4.78 is 5.96. The Balaban J connectivity index is 1.74. The van der Waals surface area contributed by atoms with Crippen molar-refractivity contribution in [2.75, 3.05) is 13.2 Å². The van der Waals surface area contributed by atoms with Crippen LogP contribution in [-0.2, 0) is 9.53 Å². The molecular weight excluding hydrogens is 340 g/mol. The number of nitrogens with one attached hydrogen (secondary N) is 3. The van der Waals surface area contributed by atoms with Crippen LogP contribution in [0.3, 0.4) is 0 Å². The highest BCUT2D eigenvalue weighted by atomic mass is 16.5. The average Bonchev–Trinajstić information content (AvgIpc) is 2.62. The van der Waals surface area contributed by atoms with Crippen molar-refractivity contribution in [1.82, 2.24) is 16.0 Å². The van der Waals surface area contributed by atoms with Gasteiger partial charge in [0.1, 0.15) is 0 Å². The highest BCUT2D eigenvalue weighted by Gasteiger charge is 2.47. The highest BCUT2D eigenvalue weighted by Crippen LogP contribution is 2.36. The summed E-state index contributed by atoms with van der Waals surface area (Å²) in [6.07, 6.45) is 6.80. The van der Waals surface area contributed by atoms with Crippen molar-refractivity contribution >= 4 is 5.91 Å². The van der Waals surface area contributed by atoms with Crippen molar-refractivity contribution in [3.63, 3.8) is 0 Å². The lowest BCUT2D eigenvalue weighted by Gasteiger charge is -2.50. The van der Waals surface area contributed by atoms with Crippen LogP contribution in [0.4, 0.5) is 0 Å². The molecule has 6 nitrogen and oxygen atoms in total. The Hall–Kier alpha value is -1.16.